The first-order valence-corrected chi connectivity index (χ1v) is 5.92. The Morgan fingerprint density at radius 2 is 1.83 bits per heavy atom. The first-order chi connectivity index (χ1) is 8.83. The van der Waals surface area contributed by atoms with Crippen LogP contribution in [-0.2, 0) is 6.61 Å². The number of benzene rings is 2. The van der Waals surface area contributed by atoms with E-state index in [1.54, 1.807) is 6.07 Å². The van der Waals surface area contributed by atoms with Gasteiger partial charge in [0.25, 0.3) is 0 Å². The lowest BCUT2D eigenvalue weighted by Crippen LogP contribution is -1.95. The summed E-state index contributed by atoms with van der Waals surface area (Å²) in [5.41, 5.74) is 1.59. The van der Waals surface area contributed by atoms with Crippen LogP contribution in [0.5, 0.6) is 5.75 Å². The molecule has 0 aliphatic heterocycles. The van der Waals surface area contributed by atoms with Crippen molar-refractivity contribution in [3.63, 3.8) is 0 Å². The Morgan fingerprint density at radius 3 is 2.67 bits per heavy atom. The predicted molar refractivity (Wildman–Crippen MR) is 69.8 cm³/mol. The monoisotopic (exact) mass is 259 g/mol. The van der Waals surface area contributed by atoms with Gasteiger partial charge in [-0.15, -0.1) is 0 Å². The highest BCUT2D eigenvalue weighted by molar-refractivity contribution is 6.32. The Bertz CT molecular complexity index is 645. The van der Waals surface area contributed by atoms with E-state index in [2.05, 4.69) is 4.98 Å². The van der Waals surface area contributed by atoms with E-state index in [0.717, 1.165) is 11.1 Å². The summed E-state index contributed by atoms with van der Waals surface area (Å²) in [5, 5.41) is 0.577. The molecule has 4 heteroatoms. The highest BCUT2D eigenvalue weighted by atomic mass is 35.5. The summed E-state index contributed by atoms with van der Waals surface area (Å²) in [7, 11) is 0. The molecule has 0 saturated carbocycles. The average molecular weight is 260 g/mol. The van der Waals surface area contributed by atoms with Crippen LogP contribution in [0.3, 0.4) is 0 Å². The largest absolute Gasteiger partial charge is 0.482 e. The molecule has 0 N–H and O–H groups in total. The summed E-state index contributed by atoms with van der Waals surface area (Å²) < 4.78 is 11.1. The topological polar surface area (TPSA) is 35.3 Å². The van der Waals surface area contributed by atoms with Crippen LogP contribution in [0.1, 0.15) is 5.89 Å². The number of fused-ring (bicyclic) bond motifs is 1. The third kappa shape index (κ3) is 2.17. The SMILES string of the molecule is Clc1ccccc1OCc1nc2ccccc2o1. The van der Waals surface area contributed by atoms with Gasteiger partial charge in [0.05, 0.1) is 5.02 Å². The second kappa shape index (κ2) is 4.70. The standard InChI is InChI=1S/C14H10ClNO2/c15-10-5-1-3-7-12(10)17-9-14-16-11-6-2-4-8-13(11)18-14/h1-8H,9H2. The summed E-state index contributed by atoms with van der Waals surface area (Å²) in [6, 6.07) is 14.9. The molecule has 0 bridgehead atoms. The van der Waals surface area contributed by atoms with Gasteiger partial charge in [-0.25, -0.2) is 4.98 Å². The number of para-hydroxylation sites is 3. The third-order valence-corrected chi connectivity index (χ3v) is 2.84. The Kier molecular flexibility index (Phi) is 2.90. The smallest absolute Gasteiger partial charge is 0.233 e. The van der Waals surface area contributed by atoms with Gasteiger partial charge in [0.15, 0.2) is 12.2 Å². The molecule has 0 spiro atoms. The molecule has 0 radical (unpaired) electrons. The molecule has 3 nitrogen and oxygen atoms in total. The van der Waals surface area contributed by atoms with Crippen molar-refractivity contribution in [1.82, 2.24) is 4.98 Å². The maximum absolute atomic E-state index is 5.99. The van der Waals surface area contributed by atoms with Crippen molar-refractivity contribution in [1.29, 1.82) is 0 Å². The second-order valence-corrected chi connectivity index (χ2v) is 4.20. The summed E-state index contributed by atoms with van der Waals surface area (Å²) in [6.45, 7) is 0.262. The molecule has 1 heterocycles. The van der Waals surface area contributed by atoms with Gasteiger partial charge in [-0.2, -0.15) is 0 Å². The van der Waals surface area contributed by atoms with E-state index in [1.165, 1.54) is 0 Å². The number of rotatable bonds is 3. The molecular weight excluding hydrogens is 250 g/mol. The van der Waals surface area contributed by atoms with Crippen molar-refractivity contribution in [2.75, 3.05) is 0 Å². The van der Waals surface area contributed by atoms with Crippen LogP contribution in [0.4, 0.5) is 0 Å². The molecule has 3 rings (SSSR count). The Hall–Kier alpha value is -2.00. The lowest BCUT2D eigenvalue weighted by molar-refractivity contribution is 0.267. The Balaban J connectivity index is 1.79. The number of halogens is 1. The van der Waals surface area contributed by atoms with Crippen LogP contribution < -0.4 is 4.74 Å². The van der Waals surface area contributed by atoms with Crippen LogP contribution in [0, 0.1) is 0 Å². The minimum Gasteiger partial charge on any atom is -0.482 e. The number of hydrogen-bond donors (Lipinski definition) is 0. The second-order valence-electron chi connectivity index (χ2n) is 3.79. The van der Waals surface area contributed by atoms with E-state index in [0.29, 0.717) is 16.7 Å². The number of oxazole rings is 1. The zero-order valence-electron chi connectivity index (χ0n) is 9.47. The van der Waals surface area contributed by atoms with Crippen LogP contribution in [0.2, 0.25) is 5.02 Å². The number of aromatic nitrogens is 1. The van der Waals surface area contributed by atoms with E-state index in [-0.39, 0.29) is 6.61 Å². The molecule has 0 unspecified atom stereocenters. The fourth-order valence-corrected chi connectivity index (χ4v) is 1.87. The van der Waals surface area contributed by atoms with Crippen LogP contribution >= 0.6 is 11.6 Å². The van der Waals surface area contributed by atoms with E-state index >= 15 is 0 Å². The summed E-state index contributed by atoms with van der Waals surface area (Å²) >= 11 is 5.99. The number of ether oxygens (including phenoxy) is 1. The minimum absolute atomic E-state index is 0.262. The lowest BCUT2D eigenvalue weighted by atomic mass is 10.3. The van der Waals surface area contributed by atoms with E-state index < -0.39 is 0 Å². The van der Waals surface area contributed by atoms with Crippen molar-refractivity contribution in [2.45, 2.75) is 6.61 Å². The summed E-state index contributed by atoms with van der Waals surface area (Å²) in [4.78, 5) is 4.32. The fraction of sp³-hybridized carbons (Fsp3) is 0.0714. The van der Waals surface area contributed by atoms with Gasteiger partial charge in [-0.3, -0.25) is 0 Å². The summed E-state index contributed by atoms with van der Waals surface area (Å²) in [5.74, 6) is 1.16. The highest BCUT2D eigenvalue weighted by Gasteiger charge is 2.06. The van der Waals surface area contributed by atoms with Crippen LogP contribution in [0.15, 0.2) is 52.9 Å². The van der Waals surface area contributed by atoms with Gasteiger partial charge in [0.1, 0.15) is 11.3 Å². The van der Waals surface area contributed by atoms with Crippen LogP contribution in [-0.4, -0.2) is 4.98 Å². The van der Waals surface area contributed by atoms with Crippen molar-refractivity contribution in [3.8, 4) is 5.75 Å². The number of nitrogens with zero attached hydrogens (tertiary/aromatic N) is 1. The minimum atomic E-state index is 0.262. The molecule has 90 valence electrons. The zero-order chi connectivity index (χ0) is 12.4. The van der Waals surface area contributed by atoms with Gasteiger partial charge in [-0.05, 0) is 24.3 Å². The predicted octanol–water partition coefficient (Wildman–Crippen LogP) is 4.06. The van der Waals surface area contributed by atoms with Gasteiger partial charge in [-0.1, -0.05) is 35.9 Å². The van der Waals surface area contributed by atoms with E-state index in [1.807, 2.05) is 42.5 Å². The molecule has 1 aromatic heterocycles. The Labute approximate surface area is 109 Å². The van der Waals surface area contributed by atoms with E-state index in [4.69, 9.17) is 20.8 Å². The molecule has 0 saturated heterocycles. The summed E-state index contributed by atoms with van der Waals surface area (Å²) in [6.07, 6.45) is 0. The fourth-order valence-electron chi connectivity index (χ4n) is 1.68. The maximum Gasteiger partial charge on any atom is 0.233 e. The van der Waals surface area contributed by atoms with Crippen molar-refractivity contribution in [2.24, 2.45) is 0 Å². The van der Waals surface area contributed by atoms with Crippen molar-refractivity contribution < 1.29 is 9.15 Å². The first-order valence-electron chi connectivity index (χ1n) is 5.55. The molecule has 3 aromatic rings. The molecule has 0 aliphatic rings. The quantitative estimate of drug-likeness (QED) is 0.711. The lowest BCUT2D eigenvalue weighted by Gasteiger charge is -2.04. The molecule has 0 fully saturated rings. The first kappa shape index (κ1) is 11.1. The number of hydrogen-bond acceptors (Lipinski definition) is 3. The maximum atomic E-state index is 5.99. The van der Waals surface area contributed by atoms with Crippen LogP contribution in [0.25, 0.3) is 11.1 Å². The van der Waals surface area contributed by atoms with Crippen molar-refractivity contribution >= 4 is 22.7 Å². The van der Waals surface area contributed by atoms with Crippen molar-refractivity contribution in [3.05, 3.63) is 59.4 Å². The molecule has 2 aromatic carbocycles. The molecule has 0 amide bonds. The Morgan fingerprint density at radius 1 is 1.06 bits per heavy atom. The average Bonchev–Trinajstić information content (AvgIpc) is 2.80. The zero-order valence-corrected chi connectivity index (χ0v) is 10.2. The van der Waals surface area contributed by atoms with Gasteiger partial charge in [0, 0.05) is 0 Å². The molecule has 18 heavy (non-hydrogen) atoms. The third-order valence-electron chi connectivity index (χ3n) is 2.53. The van der Waals surface area contributed by atoms with Gasteiger partial charge >= 0.3 is 0 Å². The molecule has 0 atom stereocenters. The van der Waals surface area contributed by atoms with E-state index in [9.17, 15) is 0 Å². The molecular formula is C14H10ClNO2. The van der Waals surface area contributed by atoms with Gasteiger partial charge in [0.2, 0.25) is 5.89 Å². The highest BCUT2D eigenvalue weighted by Crippen LogP contribution is 2.24. The van der Waals surface area contributed by atoms with Gasteiger partial charge < -0.3 is 9.15 Å². The normalized spacial score (nSPS) is 10.7. The molecule has 0 aliphatic carbocycles.